The maximum Gasteiger partial charge on any atom is 0.249 e. The van der Waals surface area contributed by atoms with Gasteiger partial charge in [-0.25, -0.2) is 5.01 Å². The molecule has 0 radical (unpaired) electrons. The third kappa shape index (κ3) is 3.06. The Labute approximate surface area is 187 Å². The molecule has 168 valence electrons. The number of ether oxygens (including phenoxy) is 2. The van der Waals surface area contributed by atoms with Gasteiger partial charge in [0.25, 0.3) is 0 Å². The molecule has 3 atom stereocenters. The maximum atomic E-state index is 12.6. The fourth-order valence-corrected chi connectivity index (χ4v) is 5.11. The zero-order chi connectivity index (χ0) is 22.5. The minimum absolute atomic E-state index is 0.0616. The van der Waals surface area contributed by atoms with Gasteiger partial charge in [0.05, 0.1) is 25.9 Å². The van der Waals surface area contributed by atoms with Crippen LogP contribution >= 0.6 is 0 Å². The van der Waals surface area contributed by atoms with Crippen molar-refractivity contribution in [1.29, 1.82) is 0 Å². The van der Waals surface area contributed by atoms with Crippen LogP contribution in [0.5, 0.6) is 5.75 Å². The molecule has 1 N–H and O–H groups in total. The van der Waals surface area contributed by atoms with Crippen LogP contribution in [0.1, 0.15) is 39.2 Å². The molecule has 1 fully saturated rings. The van der Waals surface area contributed by atoms with Gasteiger partial charge < -0.3 is 19.2 Å². The lowest BCUT2D eigenvalue weighted by molar-refractivity contribution is -0.160. The number of anilines is 1. The van der Waals surface area contributed by atoms with Crippen molar-refractivity contribution in [1.82, 2.24) is 5.32 Å². The molecule has 32 heavy (non-hydrogen) atoms. The average Bonchev–Trinajstić information content (AvgIpc) is 3.11. The molecule has 2 aliphatic heterocycles. The van der Waals surface area contributed by atoms with Crippen molar-refractivity contribution in [3.8, 4) is 5.75 Å². The summed E-state index contributed by atoms with van der Waals surface area (Å²) in [5.41, 5.74) is 3.38. The molecule has 1 spiro atoms. The summed E-state index contributed by atoms with van der Waals surface area (Å²) in [6.07, 6.45) is 7.71. The highest BCUT2D eigenvalue weighted by atomic mass is 16.5. The Morgan fingerprint density at radius 1 is 1.34 bits per heavy atom. The number of carbonyl (C=O) groups is 1. The van der Waals surface area contributed by atoms with E-state index in [4.69, 9.17) is 19.0 Å². The van der Waals surface area contributed by atoms with E-state index >= 15 is 0 Å². The number of aryl methyl sites for hydroxylation is 1. The molecule has 3 heterocycles. The van der Waals surface area contributed by atoms with Crippen LogP contribution in [0.15, 0.2) is 51.0 Å². The fraction of sp³-hybridized carbons (Fsp3) is 0.440. The third-order valence-electron chi connectivity index (χ3n) is 6.79. The molecule has 2 aromatic rings. The number of methoxy groups -OCH3 is 1. The van der Waals surface area contributed by atoms with Crippen molar-refractivity contribution < 1.29 is 18.7 Å². The number of hydrogen-bond acceptors (Lipinski definition) is 6. The molecule has 3 unspecified atom stereocenters. The van der Waals surface area contributed by atoms with Crippen molar-refractivity contribution >= 4 is 29.0 Å². The topological polar surface area (TPSA) is 76.3 Å². The second-order valence-electron chi connectivity index (χ2n) is 8.59. The highest BCUT2D eigenvalue weighted by Crippen LogP contribution is 2.43. The second kappa shape index (κ2) is 7.81. The zero-order valence-corrected chi connectivity index (χ0v) is 19.0. The smallest absolute Gasteiger partial charge is 0.249 e. The molecule has 3 aliphatic rings. The quantitative estimate of drug-likeness (QED) is 0.731. The number of allylic oxidation sites excluding steroid dienone is 2. The van der Waals surface area contributed by atoms with Gasteiger partial charge in [-0.15, -0.1) is 0 Å². The van der Waals surface area contributed by atoms with E-state index in [2.05, 4.69) is 25.2 Å². The van der Waals surface area contributed by atoms with Crippen molar-refractivity contribution in [2.24, 2.45) is 5.10 Å². The standard InChI is InChI=1S/C25H29N3O4/c1-5-17-18-12-16(30-4)10-11-21(18)31-24(17)28-14-25-19(15(3)13-26-28)8-7-9-22(25)27-23(29)20(6-2)32-25/h7,9-13,20,22H,5-6,8,14H2,1-4H3,(H,27,29). The van der Waals surface area contributed by atoms with E-state index in [1.807, 2.05) is 42.4 Å². The Balaban J connectivity index is 1.63. The number of nitrogens with one attached hydrogen (secondary N) is 1. The molecular weight excluding hydrogens is 406 g/mol. The van der Waals surface area contributed by atoms with Gasteiger partial charge in [-0.2, -0.15) is 5.10 Å². The normalized spacial score (nSPS) is 27.2. The van der Waals surface area contributed by atoms with Gasteiger partial charge >= 0.3 is 0 Å². The Morgan fingerprint density at radius 2 is 2.19 bits per heavy atom. The molecule has 7 nitrogen and oxygen atoms in total. The Morgan fingerprint density at radius 3 is 2.94 bits per heavy atom. The Bertz CT molecular complexity index is 1160. The van der Waals surface area contributed by atoms with Crippen molar-refractivity contribution in [3.05, 3.63) is 47.1 Å². The van der Waals surface area contributed by atoms with Crippen molar-refractivity contribution in [2.75, 3.05) is 18.7 Å². The summed E-state index contributed by atoms with van der Waals surface area (Å²) < 4.78 is 18.4. The van der Waals surface area contributed by atoms with Crippen LogP contribution in [0.4, 0.5) is 5.88 Å². The first-order chi connectivity index (χ1) is 15.5. The second-order valence-corrected chi connectivity index (χ2v) is 8.59. The number of furan rings is 1. The highest BCUT2D eigenvalue weighted by molar-refractivity contribution is 5.89. The summed E-state index contributed by atoms with van der Waals surface area (Å²) in [7, 11) is 1.66. The number of hydrogen-bond donors (Lipinski definition) is 1. The first kappa shape index (κ1) is 20.8. The van der Waals surface area contributed by atoms with Crippen LogP contribution in [0.25, 0.3) is 11.0 Å². The van der Waals surface area contributed by atoms with Crippen molar-refractivity contribution in [2.45, 2.75) is 57.8 Å². The van der Waals surface area contributed by atoms with Gasteiger partial charge in [0.15, 0.2) is 0 Å². The lowest BCUT2D eigenvalue weighted by Gasteiger charge is -2.49. The number of hydrazone groups is 1. The average molecular weight is 436 g/mol. The maximum absolute atomic E-state index is 12.6. The number of benzene rings is 1. The molecule has 0 saturated carbocycles. The van der Waals surface area contributed by atoms with Crippen LogP contribution in [0.2, 0.25) is 0 Å². The molecule has 5 rings (SSSR count). The summed E-state index contributed by atoms with van der Waals surface area (Å²) >= 11 is 0. The minimum Gasteiger partial charge on any atom is -0.497 e. The molecule has 0 bridgehead atoms. The molecule has 1 saturated heterocycles. The lowest BCUT2D eigenvalue weighted by atomic mass is 9.76. The van der Waals surface area contributed by atoms with Crippen molar-refractivity contribution in [3.63, 3.8) is 0 Å². The predicted octanol–water partition coefficient (Wildman–Crippen LogP) is 4.12. The third-order valence-corrected chi connectivity index (χ3v) is 6.79. The van der Waals surface area contributed by atoms with Gasteiger partial charge in [-0.3, -0.25) is 4.79 Å². The van der Waals surface area contributed by atoms with Crippen LogP contribution < -0.4 is 15.1 Å². The van der Waals surface area contributed by atoms with Crippen LogP contribution in [-0.4, -0.2) is 43.5 Å². The van der Waals surface area contributed by atoms with E-state index in [-0.39, 0.29) is 11.9 Å². The first-order valence-electron chi connectivity index (χ1n) is 11.3. The van der Waals surface area contributed by atoms with E-state index in [1.165, 1.54) is 0 Å². The summed E-state index contributed by atoms with van der Waals surface area (Å²) in [5.74, 6) is 1.43. The largest absolute Gasteiger partial charge is 0.497 e. The molecule has 1 aromatic heterocycles. The van der Waals surface area contributed by atoms with Gasteiger partial charge in [0.1, 0.15) is 23.0 Å². The number of nitrogens with zero attached hydrogens (tertiary/aromatic N) is 2. The molecule has 7 heteroatoms. The summed E-state index contributed by atoms with van der Waals surface area (Å²) in [6, 6.07) is 5.58. The number of carbonyl (C=O) groups excluding carboxylic acids is 1. The first-order valence-corrected chi connectivity index (χ1v) is 11.3. The number of fused-ring (bicyclic) bond motifs is 1. The Kier molecular flexibility index (Phi) is 5.08. The van der Waals surface area contributed by atoms with Gasteiger partial charge in [-0.1, -0.05) is 26.0 Å². The molecule has 1 aliphatic carbocycles. The number of rotatable bonds is 4. The van der Waals surface area contributed by atoms with Gasteiger partial charge in [0, 0.05) is 10.9 Å². The summed E-state index contributed by atoms with van der Waals surface area (Å²) in [5, 5.41) is 10.9. The van der Waals surface area contributed by atoms with E-state index < -0.39 is 11.7 Å². The number of morpholine rings is 1. The Hall–Kier alpha value is -3.06. The van der Waals surface area contributed by atoms with Gasteiger partial charge in [0.2, 0.25) is 11.8 Å². The van der Waals surface area contributed by atoms with E-state index in [0.717, 1.165) is 46.3 Å². The lowest BCUT2D eigenvalue weighted by Crippen LogP contribution is -2.67. The molecular formula is C25H29N3O4. The molecule has 1 aromatic carbocycles. The monoisotopic (exact) mass is 435 g/mol. The summed E-state index contributed by atoms with van der Waals surface area (Å²) in [6.45, 7) is 6.60. The van der Waals surface area contributed by atoms with Crippen LogP contribution in [-0.2, 0) is 16.0 Å². The minimum atomic E-state index is -0.703. The van der Waals surface area contributed by atoms with Crippen LogP contribution in [0, 0.1) is 0 Å². The zero-order valence-electron chi connectivity index (χ0n) is 19.0. The SMILES string of the molecule is CCc1c(N2CC34OC(CC)C(=O)NC3C=CCC4=C(C)C=N2)oc2ccc(OC)cc12. The summed E-state index contributed by atoms with van der Waals surface area (Å²) in [4.78, 5) is 12.6. The van der Waals surface area contributed by atoms with E-state index in [0.29, 0.717) is 18.8 Å². The highest BCUT2D eigenvalue weighted by Gasteiger charge is 2.53. The predicted molar refractivity (Wildman–Crippen MR) is 124 cm³/mol. The van der Waals surface area contributed by atoms with Gasteiger partial charge in [-0.05, 0) is 55.5 Å². The number of amides is 1. The molecule has 1 amide bonds. The van der Waals surface area contributed by atoms with Crippen LogP contribution in [0.3, 0.4) is 0 Å². The van der Waals surface area contributed by atoms with E-state index in [9.17, 15) is 4.79 Å². The fourth-order valence-electron chi connectivity index (χ4n) is 5.11. The van der Waals surface area contributed by atoms with E-state index in [1.54, 1.807) is 7.11 Å².